The lowest BCUT2D eigenvalue weighted by Gasteiger charge is -2.17. The van der Waals surface area contributed by atoms with E-state index >= 15 is 0 Å². The van der Waals surface area contributed by atoms with Crippen LogP contribution in [0.25, 0.3) is 109 Å². The van der Waals surface area contributed by atoms with E-state index in [4.69, 9.17) is 0 Å². The summed E-state index contributed by atoms with van der Waals surface area (Å²) in [4.78, 5) is 0. The van der Waals surface area contributed by atoms with Gasteiger partial charge in [-0.3, -0.25) is 0 Å². The summed E-state index contributed by atoms with van der Waals surface area (Å²) in [5, 5.41) is 15.9. The molecule has 14 rings (SSSR count). The minimum Gasteiger partial charge on any atom is -0.0622 e. The molecule has 0 aromatic heterocycles. The zero-order valence-corrected chi connectivity index (χ0v) is 37.1. The molecule has 0 unspecified atom stereocenters. The maximum Gasteiger partial charge on any atom is -0.00130 e. The second-order valence-electron chi connectivity index (χ2n) is 17.5. The van der Waals surface area contributed by atoms with Crippen LogP contribution < -0.4 is 0 Å². The molecule has 1 aliphatic carbocycles. The van der Waals surface area contributed by atoms with E-state index in [1.165, 1.54) is 120 Å². The van der Waals surface area contributed by atoms with Gasteiger partial charge in [0.05, 0.1) is 0 Å². The molecule has 0 nitrogen and oxygen atoms in total. The van der Waals surface area contributed by atoms with Crippen molar-refractivity contribution in [3.05, 3.63) is 278 Å². The third kappa shape index (κ3) is 7.30. The van der Waals surface area contributed by atoms with Gasteiger partial charge in [0.15, 0.2) is 0 Å². The Morgan fingerprint density at radius 2 is 0.433 bits per heavy atom. The Hall–Kier alpha value is -8.58. The van der Waals surface area contributed by atoms with E-state index in [0.717, 1.165) is 6.42 Å². The van der Waals surface area contributed by atoms with Gasteiger partial charge in [-0.2, -0.15) is 0 Å². The van der Waals surface area contributed by atoms with Crippen LogP contribution in [0.5, 0.6) is 0 Å². The summed E-state index contributed by atoms with van der Waals surface area (Å²) in [5.41, 5.74) is 13.6. The molecular weight excluding hydrogens is 805 g/mol. The van der Waals surface area contributed by atoms with Crippen LogP contribution in [0.2, 0.25) is 0 Å². The van der Waals surface area contributed by atoms with Crippen molar-refractivity contribution in [3.8, 4) is 44.5 Å². The molecule has 0 spiro atoms. The Morgan fingerprint density at radius 3 is 0.776 bits per heavy atom. The molecule has 0 fully saturated rings. The molecule has 0 heteroatoms. The number of fused-ring (bicyclic) bond motifs is 11. The van der Waals surface area contributed by atoms with Crippen LogP contribution in [-0.4, -0.2) is 0 Å². The summed E-state index contributed by atoms with van der Waals surface area (Å²) in [6.45, 7) is 0. The smallest absolute Gasteiger partial charge is 0.00130 e. The highest BCUT2D eigenvalue weighted by Gasteiger charge is 2.23. The molecule has 314 valence electrons. The first-order chi connectivity index (χ1) is 33.3. The van der Waals surface area contributed by atoms with E-state index in [9.17, 15) is 0 Å². The lowest BCUT2D eigenvalue weighted by atomic mass is 9.86. The van der Waals surface area contributed by atoms with Gasteiger partial charge in [0, 0.05) is 0 Å². The van der Waals surface area contributed by atoms with E-state index in [1.807, 2.05) is 0 Å². The largest absolute Gasteiger partial charge is 0.0622 e. The van der Waals surface area contributed by atoms with Crippen molar-refractivity contribution in [2.45, 2.75) is 6.42 Å². The quantitative estimate of drug-likeness (QED) is 0.155. The third-order valence-electron chi connectivity index (χ3n) is 13.6. The summed E-state index contributed by atoms with van der Waals surface area (Å²) in [5.74, 6) is 0. The Balaban J connectivity index is 0.000000106. The van der Waals surface area contributed by atoms with Crippen LogP contribution in [0, 0.1) is 0 Å². The van der Waals surface area contributed by atoms with Crippen molar-refractivity contribution in [3.63, 3.8) is 0 Å². The monoisotopic (exact) mass is 850 g/mol. The average molecular weight is 851 g/mol. The van der Waals surface area contributed by atoms with Crippen LogP contribution in [-0.2, 0) is 6.42 Å². The fourth-order valence-electron chi connectivity index (χ4n) is 10.6. The minimum absolute atomic E-state index is 1.06. The fraction of sp³-hybridized carbons (Fsp3) is 0.0149. The lowest BCUT2D eigenvalue weighted by Crippen LogP contribution is -1.90. The van der Waals surface area contributed by atoms with Gasteiger partial charge in [0.2, 0.25) is 0 Å². The minimum atomic E-state index is 1.06. The summed E-state index contributed by atoms with van der Waals surface area (Å²) in [6.07, 6.45) is 1.06. The number of hydrogen-bond acceptors (Lipinski definition) is 0. The summed E-state index contributed by atoms with van der Waals surface area (Å²) in [6, 6.07) is 95.7. The van der Waals surface area contributed by atoms with E-state index < -0.39 is 0 Å². The Morgan fingerprint density at radius 1 is 0.179 bits per heavy atom. The first-order valence-electron chi connectivity index (χ1n) is 23.3. The predicted octanol–water partition coefficient (Wildman–Crippen LogP) is 18.6. The van der Waals surface area contributed by atoms with Crippen molar-refractivity contribution in [2.24, 2.45) is 0 Å². The molecule has 0 atom stereocenters. The molecule has 0 heterocycles. The van der Waals surface area contributed by atoms with Gasteiger partial charge in [0.25, 0.3) is 0 Å². The molecule has 0 amide bonds. The molecule has 1 aliphatic rings. The van der Waals surface area contributed by atoms with Gasteiger partial charge in [-0.15, -0.1) is 0 Å². The third-order valence-corrected chi connectivity index (χ3v) is 13.6. The van der Waals surface area contributed by atoms with Crippen LogP contribution in [0.3, 0.4) is 0 Å². The summed E-state index contributed by atoms with van der Waals surface area (Å²) >= 11 is 0. The molecule has 13 aromatic carbocycles. The van der Waals surface area contributed by atoms with E-state index in [-0.39, 0.29) is 0 Å². The molecule has 0 N–H and O–H groups in total. The highest BCUT2D eigenvalue weighted by molar-refractivity contribution is 6.21. The van der Waals surface area contributed by atoms with Crippen LogP contribution in [0.4, 0.5) is 0 Å². The number of hydrogen-bond donors (Lipinski definition) is 0. The Bertz CT molecular complexity index is 3630. The standard InChI is InChI=1S/C26H18.C21H14.C20H14/c1-3-11-19(12-4-1)25-21-15-7-9-17-23(21)26(20-13-5-2-6-14-20)24-18-10-8-16-22(24)25;1-3-7-18-14(5-1)9-11-16-13-17-12-10-15-6-2-4-8-19(15)21(17)20(16)18;1-2-8-15(9-3-1)20-18-12-6-4-10-16(18)14-17-11-5-7-13-19(17)20/h1-18H;1-12H,13H2;1-14H. The molecule has 0 saturated carbocycles. The topological polar surface area (TPSA) is 0 Å². The van der Waals surface area contributed by atoms with E-state index in [0.29, 0.717) is 0 Å². The molecular formula is C67H46. The van der Waals surface area contributed by atoms with Crippen LogP contribution in [0.15, 0.2) is 267 Å². The second kappa shape index (κ2) is 17.4. The summed E-state index contributed by atoms with van der Waals surface area (Å²) < 4.78 is 0. The Kier molecular flexibility index (Phi) is 10.4. The molecule has 0 aliphatic heterocycles. The number of benzene rings is 13. The summed E-state index contributed by atoms with van der Waals surface area (Å²) in [7, 11) is 0. The molecule has 67 heavy (non-hydrogen) atoms. The lowest BCUT2D eigenvalue weighted by molar-refractivity contribution is 1.27. The first kappa shape index (κ1) is 40.0. The maximum absolute atomic E-state index is 2.30. The van der Waals surface area contributed by atoms with Gasteiger partial charge in [-0.05, 0) is 133 Å². The highest BCUT2D eigenvalue weighted by atomic mass is 14.3. The van der Waals surface area contributed by atoms with Crippen LogP contribution in [0.1, 0.15) is 11.1 Å². The fourth-order valence-corrected chi connectivity index (χ4v) is 10.6. The highest BCUT2D eigenvalue weighted by Crippen LogP contribution is 2.46. The van der Waals surface area contributed by atoms with Gasteiger partial charge in [0.1, 0.15) is 0 Å². The van der Waals surface area contributed by atoms with Crippen molar-refractivity contribution in [2.75, 3.05) is 0 Å². The average Bonchev–Trinajstić information content (AvgIpc) is 3.81. The number of rotatable bonds is 3. The van der Waals surface area contributed by atoms with Crippen molar-refractivity contribution >= 4 is 64.6 Å². The Labute approximate surface area is 391 Å². The molecule has 0 saturated heterocycles. The van der Waals surface area contributed by atoms with Gasteiger partial charge >= 0.3 is 0 Å². The second-order valence-corrected chi connectivity index (χ2v) is 17.5. The van der Waals surface area contributed by atoms with Crippen LogP contribution >= 0.6 is 0 Å². The van der Waals surface area contributed by atoms with Gasteiger partial charge < -0.3 is 0 Å². The van der Waals surface area contributed by atoms with E-state index in [1.54, 1.807) is 0 Å². The SMILES string of the molecule is c1ccc(-c2c3ccccc3c(-c3ccccc3)c3ccccc23)cc1.c1ccc(-c2c3ccccc3cc3ccccc23)cc1.c1ccc2c3c(ccc2c1)Cc1ccc2ccccc2c1-3. The van der Waals surface area contributed by atoms with E-state index in [2.05, 4.69) is 267 Å². The normalized spacial score (nSPS) is 11.5. The molecule has 13 aromatic rings. The van der Waals surface area contributed by atoms with Gasteiger partial charge in [-0.25, -0.2) is 0 Å². The molecule has 0 bridgehead atoms. The zero-order chi connectivity index (χ0) is 44.5. The van der Waals surface area contributed by atoms with Crippen molar-refractivity contribution in [1.29, 1.82) is 0 Å². The molecule has 0 radical (unpaired) electrons. The van der Waals surface area contributed by atoms with Gasteiger partial charge in [-0.1, -0.05) is 261 Å². The zero-order valence-electron chi connectivity index (χ0n) is 37.1. The first-order valence-corrected chi connectivity index (χ1v) is 23.3. The van der Waals surface area contributed by atoms with Crippen molar-refractivity contribution in [1.82, 2.24) is 0 Å². The maximum atomic E-state index is 2.30. The predicted molar refractivity (Wildman–Crippen MR) is 289 cm³/mol. The van der Waals surface area contributed by atoms with Crippen molar-refractivity contribution < 1.29 is 0 Å².